The minimum absolute atomic E-state index is 0. The predicted molar refractivity (Wildman–Crippen MR) is 48.6 cm³/mol. The molecular weight excluding hydrogens is 152 g/mol. The summed E-state index contributed by atoms with van der Waals surface area (Å²) in [5.41, 5.74) is 0. The summed E-state index contributed by atoms with van der Waals surface area (Å²) in [6.45, 7) is 6.28. The Labute approximate surface area is 97.5 Å². The third kappa shape index (κ3) is 12.0. The third-order valence-electron chi connectivity index (χ3n) is 1.28. The summed E-state index contributed by atoms with van der Waals surface area (Å²) < 4.78 is 5.31. The van der Waals surface area contributed by atoms with Crippen LogP contribution >= 0.6 is 0 Å². The van der Waals surface area contributed by atoms with E-state index in [2.05, 4.69) is 13.8 Å². The summed E-state index contributed by atoms with van der Waals surface area (Å²) >= 11 is 0. The Balaban J connectivity index is -0.000000107. The Kier molecular flexibility index (Phi) is 17.7. The summed E-state index contributed by atoms with van der Waals surface area (Å²) in [7, 11) is 0. The van der Waals surface area contributed by atoms with Gasteiger partial charge in [-0.05, 0) is 12.8 Å². The Bertz CT molecular complexity index is 50.3. The summed E-state index contributed by atoms with van der Waals surface area (Å²) in [6.07, 6.45) is 4.91. The molecule has 1 nitrogen and oxygen atoms in total. The van der Waals surface area contributed by atoms with E-state index in [-0.39, 0.29) is 40.6 Å². The third-order valence-corrected chi connectivity index (χ3v) is 1.28. The molecule has 0 aromatic carbocycles. The van der Waals surface area contributed by atoms with Gasteiger partial charge in [-0.25, -0.2) is 0 Å². The molecule has 0 spiro atoms. The molecule has 0 aromatic rings. The molecule has 0 fully saturated rings. The van der Waals surface area contributed by atoms with Crippen LogP contribution in [0.1, 0.15) is 42.4 Å². The molecule has 60 valence electrons. The molecule has 0 rings (SSSR count). The molecule has 0 radical (unpaired) electrons. The second-order valence-corrected chi connectivity index (χ2v) is 2.32. The number of unbranched alkanes of at least 4 members (excludes halogenated alkanes) is 2. The molecule has 2 heteroatoms. The zero-order valence-corrected chi connectivity index (χ0v) is 9.57. The van der Waals surface area contributed by atoms with Crippen LogP contribution in [0, 0.1) is 0 Å². The summed E-state index contributed by atoms with van der Waals surface area (Å²) in [6, 6.07) is 0. The van der Waals surface area contributed by atoms with Crippen LogP contribution in [-0.2, 0) is 4.74 Å². The van der Waals surface area contributed by atoms with Crippen LogP contribution in [0.15, 0.2) is 0 Å². The maximum atomic E-state index is 5.31. The molecule has 0 aliphatic heterocycles. The quantitative estimate of drug-likeness (QED) is 0.442. The van der Waals surface area contributed by atoms with Crippen LogP contribution in [0.4, 0.5) is 0 Å². The van der Waals surface area contributed by atoms with E-state index in [0.29, 0.717) is 0 Å². The van der Waals surface area contributed by atoms with Gasteiger partial charge < -0.3 is 7.59 Å². The zero-order chi connectivity index (χ0) is 6.95. The normalized spacial score (nSPS) is 9.00. The van der Waals surface area contributed by atoms with Crippen molar-refractivity contribution >= 4 is 37.7 Å². The van der Waals surface area contributed by atoms with Crippen LogP contribution in [-0.4, -0.2) is 51.0 Å². The van der Waals surface area contributed by atoms with Crippen molar-refractivity contribution in [1.29, 1.82) is 0 Å². The summed E-state index contributed by atoms with van der Waals surface area (Å²) in [5.74, 6) is 0. The van der Waals surface area contributed by atoms with E-state index < -0.39 is 0 Å². The maximum Gasteiger partial charge on any atom is 2.00 e. The SMILES string of the molecule is CCCCOCCCC.[Ca+2].[H-].[H-]. The van der Waals surface area contributed by atoms with Crippen LogP contribution in [0.5, 0.6) is 0 Å². The molecule has 0 saturated heterocycles. The van der Waals surface area contributed by atoms with E-state index in [1.807, 2.05) is 0 Å². The van der Waals surface area contributed by atoms with E-state index in [4.69, 9.17) is 4.74 Å². The molecule has 0 atom stereocenters. The van der Waals surface area contributed by atoms with Crippen LogP contribution in [0.2, 0.25) is 0 Å². The fourth-order valence-corrected chi connectivity index (χ4v) is 0.595. The van der Waals surface area contributed by atoms with Crippen molar-refractivity contribution in [2.24, 2.45) is 0 Å². The van der Waals surface area contributed by atoms with Gasteiger partial charge >= 0.3 is 37.7 Å². The minimum Gasteiger partial charge on any atom is -1.00 e. The molecule has 0 N–H and O–H groups in total. The van der Waals surface area contributed by atoms with Crippen LogP contribution < -0.4 is 0 Å². The topological polar surface area (TPSA) is 9.23 Å². The standard InChI is InChI=1S/C8H18O.Ca.2H/c1-3-5-7-9-8-6-4-2;;;/h3-8H2,1-2H3;;;/q;+2;2*-1. The van der Waals surface area contributed by atoms with Gasteiger partial charge in [0.25, 0.3) is 0 Å². The monoisotopic (exact) mass is 172 g/mol. The summed E-state index contributed by atoms with van der Waals surface area (Å²) in [5, 5.41) is 0. The molecule has 0 bridgehead atoms. The number of ether oxygens (including phenoxy) is 1. The summed E-state index contributed by atoms with van der Waals surface area (Å²) in [4.78, 5) is 0. The van der Waals surface area contributed by atoms with Gasteiger partial charge in [0.2, 0.25) is 0 Å². The van der Waals surface area contributed by atoms with Gasteiger partial charge in [-0.1, -0.05) is 26.7 Å². The first kappa shape index (κ1) is 13.8. The molecule has 0 amide bonds. The van der Waals surface area contributed by atoms with Crippen molar-refractivity contribution in [2.45, 2.75) is 39.5 Å². The van der Waals surface area contributed by atoms with E-state index in [1.165, 1.54) is 25.7 Å². The average Bonchev–Trinajstić information content (AvgIpc) is 1.89. The first-order valence-corrected chi connectivity index (χ1v) is 3.99. The fraction of sp³-hybridized carbons (Fsp3) is 1.00. The second-order valence-electron chi connectivity index (χ2n) is 2.32. The smallest absolute Gasteiger partial charge is 1.00 e. The van der Waals surface area contributed by atoms with Crippen LogP contribution in [0.3, 0.4) is 0 Å². The van der Waals surface area contributed by atoms with Gasteiger partial charge in [0, 0.05) is 13.2 Å². The van der Waals surface area contributed by atoms with Crippen molar-refractivity contribution in [3.63, 3.8) is 0 Å². The van der Waals surface area contributed by atoms with Gasteiger partial charge in [-0.2, -0.15) is 0 Å². The van der Waals surface area contributed by atoms with Gasteiger partial charge in [-0.15, -0.1) is 0 Å². The van der Waals surface area contributed by atoms with Gasteiger partial charge in [0.05, 0.1) is 0 Å². The number of rotatable bonds is 6. The van der Waals surface area contributed by atoms with Gasteiger partial charge in [-0.3, -0.25) is 0 Å². The van der Waals surface area contributed by atoms with Crippen molar-refractivity contribution in [3.8, 4) is 0 Å². The molecule has 0 heterocycles. The fourth-order valence-electron chi connectivity index (χ4n) is 0.595. The van der Waals surface area contributed by atoms with Gasteiger partial charge in [0.1, 0.15) is 0 Å². The van der Waals surface area contributed by atoms with Crippen molar-refractivity contribution in [1.82, 2.24) is 0 Å². The molecular formula is C8H20CaO. The van der Waals surface area contributed by atoms with E-state index in [9.17, 15) is 0 Å². The van der Waals surface area contributed by atoms with E-state index in [0.717, 1.165) is 13.2 Å². The molecule has 0 aromatic heterocycles. The Morgan fingerprint density at radius 1 is 1.00 bits per heavy atom. The largest absolute Gasteiger partial charge is 2.00 e. The minimum atomic E-state index is 0. The van der Waals surface area contributed by atoms with Crippen LogP contribution in [0.25, 0.3) is 0 Å². The Morgan fingerprint density at radius 3 is 1.70 bits per heavy atom. The van der Waals surface area contributed by atoms with Crippen molar-refractivity contribution < 1.29 is 7.59 Å². The molecule has 0 unspecified atom stereocenters. The first-order chi connectivity index (χ1) is 4.41. The van der Waals surface area contributed by atoms with E-state index in [1.54, 1.807) is 0 Å². The molecule has 0 aliphatic carbocycles. The molecule has 0 aliphatic rings. The molecule has 10 heavy (non-hydrogen) atoms. The van der Waals surface area contributed by atoms with Gasteiger partial charge in [0.15, 0.2) is 0 Å². The first-order valence-electron chi connectivity index (χ1n) is 3.99. The van der Waals surface area contributed by atoms with Crippen molar-refractivity contribution in [3.05, 3.63) is 0 Å². The number of hydrogen-bond acceptors (Lipinski definition) is 1. The second kappa shape index (κ2) is 12.9. The average molecular weight is 172 g/mol. The Morgan fingerprint density at radius 2 is 1.40 bits per heavy atom. The number of hydrogen-bond donors (Lipinski definition) is 0. The predicted octanol–water partition coefficient (Wildman–Crippen LogP) is 2.45. The van der Waals surface area contributed by atoms with Crippen molar-refractivity contribution in [2.75, 3.05) is 13.2 Å². The maximum absolute atomic E-state index is 5.31. The van der Waals surface area contributed by atoms with E-state index >= 15 is 0 Å². The molecule has 0 saturated carbocycles. The Hall–Kier alpha value is 1.22. The zero-order valence-electron chi connectivity index (χ0n) is 9.36.